The summed E-state index contributed by atoms with van der Waals surface area (Å²) in [7, 11) is 0. The van der Waals surface area contributed by atoms with Crippen LogP contribution in [0.1, 0.15) is 15.2 Å². The van der Waals surface area contributed by atoms with Crippen LogP contribution >= 0.6 is 34.5 Å². The van der Waals surface area contributed by atoms with Crippen LogP contribution in [0, 0.1) is 0 Å². The molecule has 0 aliphatic heterocycles. The lowest BCUT2D eigenvalue weighted by molar-refractivity contribution is 0.104. The van der Waals surface area contributed by atoms with Crippen LogP contribution in [0.5, 0.6) is 0 Å². The topological polar surface area (TPSA) is 17.1 Å². The monoisotopic (exact) mass is 256 g/mol. The van der Waals surface area contributed by atoms with E-state index in [1.807, 2.05) is 11.4 Å². The maximum absolute atomic E-state index is 11.9. The number of benzene rings is 1. The Balaban J connectivity index is 2.39. The summed E-state index contributed by atoms with van der Waals surface area (Å²) >= 11 is 13.0. The zero-order valence-corrected chi connectivity index (χ0v) is 9.86. The smallest absolute Gasteiger partial charge is 0.202 e. The third kappa shape index (κ3) is 2.23. The highest BCUT2D eigenvalue weighted by Crippen LogP contribution is 2.24. The number of rotatable bonds is 2. The Morgan fingerprint density at radius 3 is 2.53 bits per heavy atom. The van der Waals surface area contributed by atoms with Crippen LogP contribution in [-0.4, -0.2) is 5.78 Å². The third-order valence-electron chi connectivity index (χ3n) is 1.93. The minimum Gasteiger partial charge on any atom is -0.288 e. The lowest BCUT2D eigenvalue weighted by Gasteiger charge is -2.00. The van der Waals surface area contributed by atoms with E-state index in [0.717, 1.165) is 0 Å². The summed E-state index contributed by atoms with van der Waals surface area (Å²) in [6, 6.07) is 8.53. The molecular weight excluding hydrogens is 251 g/mol. The fraction of sp³-hybridized carbons (Fsp3) is 0. The van der Waals surface area contributed by atoms with Crippen LogP contribution < -0.4 is 0 Å². The first-order chi connectivity index (χ1) is 7.18. The highest BCUT2D eigenvalue weighted by molar-refractivity contribution is 7.12. The van der Waals surface area contributed by atoms with Gasteiger partial charge in [0.1, 0.15) is 0 Å². The number of hydrogen-bond acceptors (Lipinski definition) is 2. The van der Waals surface area contributed by atoms with E-state index in [9.17, 15) is 4.79 Å². The molecule has 0 radical (unpaired) electrons. The largest absolute Gasteiger partial charge is 0.288 e. The van der Waals surface area contributed by atoms with Crippen LogP contribution in [-0.2, 0) is 0 Å². The predicted octanol–water partition coefficient (Wildman–Crippen LogP) is 4.29. The molecule has 0 aliphatic carbocycles. The molecule has 1 heterocycles. The average molecular weight is 257 g/mol. The van der Waals surface area contributed by atoms with E-state index in [-0.39, 0.29) is 5.78 Å². The number of thiophene rings is 1. The molecule has 0 amide bonds. The van der Waals surface area contributed by atoms with Crippen molar-refractivity contribution in [2.45, 2.75) is 0 Å². The van der Waals surface area contributed by atoms with Crippen molar-refractivity contribution in [2.24, 2.45) is 0 Å². The van der Waals surface area contributed by atoms with Gasteiger partial charge < -0.3 is 0 Å². The molecule has 0 saturated heterocycles. The summed E-state index contributed by atoms with van der Waals surface area (Å²) in [6.45, 7) is 0. The van der Waals surface area contributed by atoms with Crippen molar-refractivity contribution in [3.05, 3.63) is 56.2 Å². The van der Waals surface area contributed by atoms with Crippen LogP contribution in [0.2, 0.25) is 10.0 Å². The van der Waals surface area contributed by atoms with Gasteiger partial charge in [-0.3, -0.25) is 4.79 Å². The van der Waals surface area contributed by atoms with Gasteiger partial charge in [0.05, 0.1) is 14.9 Å². The number of halogens is 2. The minimum atomic E-state index is -0.0245. The molecule has 0 N–H and O–H groups in total. The van der Waals surface area contributed by atoms with E-state index in [0.29, 0.717) is 20.5 Å². The first kappa shape index (κ1) is 10.7. The summed E-state index contributed by atoms with van der Waals surface area (Å²) in [6.07, 6.45) is 0. The van der Waals surface area contributed by atoms with Crippen LogP contribution in [0.15, 0.2) is 35.7 Å². The van der Waals surface area contributed by atoms with Crippen molar-refractivity contribution in [3.8, 4) is 0 Å². The molecule has 76 valence electrons. The second-order valence-corrected chi connectivity index (χ2v) is 4.70. The van der Waals surface area contributed by atoms with E-state index in [2.05, 4.69) is 0 Å². The van der Waals surface area contributed by atoms with Gasteiger partial charge in [0, 0.05) is 5.56 Å². The second-order valence-electron chi connectivity index (χ2n) is 2.94. The van der Waals surface area contributed by atoms with Crippen molar-refractivity contribution in [2.75, 3.05) is 0 Å². The standard InChI is InChI=1S/C11H6Cl2OS/c12-8-4-3-7(6-9(8)13)11(14)10-2-1-5-15-10/h1-6H. The molecule has 2 aromatic rings. The van der Waals surface area contributed by atoms with Crippen molar-refractivity contribution < 1.29 is 4.79 Å². The van der Waals surface area contributed by atoms with Gasteiger partial charge in [0.25, 0.3) is 0 Å². The van der Waals surface area contributed by atoms with Crippen molar-refractivity contribution in [3.63, 3.8) is 0 Å². The molecule has 0 spiro atoms. The fourth-order valence-corrected chi connectivity index (χ4v) is 2.17. The molecule has 0 saturated carbocycles. The molecule has 0 aliphatic rings. The van der Waals surface area contributed by atoms with Crippen LogP contribution in [0.4, 0.5) is 0 Å². The minimum absolute atomic E-state index is 0.0245. The lowest BCUT2D eigenvalue weighted by Crippen LogP contribution is -1.97. The Hall–Kier alpha value is -0.830. The molecule has 1 aromatic carbocycles. The molecule has 0 fully saturated rings. The van der Waals surface area contributed by atoms with Gasteiger partial charge in [-0.15, -0.1) is 11.3 Å². The molecule has 1 aromatic heterocycles. The Kier molecular flexibility index (Phi) is 3.10. The SMILES string of the molecule is O=C(c1ccc(Cl)c(Cl)c1)c1cccs1. The first-order valence-corrected chi connectivity index (χ1v) is 5.85. The molecule has 15 heavy (non-hydrogen) atoms. The Labute approximate surface area is 101 Å². The van der Waals surface area contributed by atoms with E-state index >= 15 is 0 Å². The average Bonchev–Trinajstić information content (AvgIpc) is 2.74. The summed E-state index contributed by atoms with van der Waals surface area (Å²) < 4.78 is 0. The Morgan fingerprint density at radius 1 is 1.13 bits per heavy atom. The predicted molar refractivity (Wildman–Crippen MR) is 64.2 cm³/mol. The van der Waals surface area contributed by atoms with Crippen LogP contribution in [0.3, 0.4) is 0 Å². The zero-order valence-electron chi connectivity index (χ0n) is 7.54. The van der Waals surface area contributed by atoms with E-state index in [1.165, 1.54) is 11.3 Å². The maximum atomic E-state index is 11.9. The zero-order chi connectivity index (χ0) is 10.8. The summed E-state index contributed by atoms with van der Waals surface area (Å²) in [5.74, 6) is -0.0245. The summed E-state index contributed by atoms with van der Waals surface area (Å²) in [5, 5.41) is 2.73. The fourth-order valence-electron chi connectivity index (χ4n) is 1.19. The van der Waals surface area contributed by atoms with Gasteiger partial charge >= 0.3 is 0 Å². The Morgan fingerprint density at radius 2 is 1.93 bits per heavy atom. The van der Waals surface area contributed by atoms with Crippen molar-refractivity contribution >= 4 is 40.3 Å². The maximum Gasteiger partial charge on any atom is 0.202 e. The van der Waals surface area contributed by atoms with Crippen LogP contribution in [0.25, 0.3) is 0 Å². The van der Waals surface area contributed by atoms with E-state index in [1.54, 1.807) is 24.3 Å². The Bertz CT molecular complexity index is 491. The number of hydrogen-bond donors (Lipinski definition) is 0. The second kappa shape index (κ2) is 4.35. The molecule has 0 unspecified atom stereocenters. The molecule has 4 heteroatoms. The quantitative estimate of drug-likeness (QED) is 0.733. The highest BCUT2D eigenvalue weighted by atomic mass is 35.5. The van der Waals surface area contributed by atoms with Crippen molar-refractivity contribution in [1.29, 1.82) is 0 Å². The summed E-state index contributed by atoms with van der Waals surface area (Å²) in [5.41, 5.74) is 0.562. The lowest BCUT2D eigenvalue weighted by atomic mass is 10.1. The van der Waals surface area contributed by atoms with Crippen molar-refractivity contribution in [1.82, 2.24) is 0 Å². The number of carbonyl (C=O) groups is 1. The highest BCUT2D eigenvalue weighted by Gasteiger charge is 2.11. The van der Waals surface area contributed by atoms with E-state index < -0.39 is 0 Å². The number of ketones is 1. The van der Waals surface area contributed by atoms with Gasteiger partial charge in [-0.05, 0) is 29.6 Å². The third-order valence-corrected chi connectivity index (χ3v) is 3.53. The summed E-state index contributed by atoms with van der Waals surface area (Å²) in [4.78, 5) is 12.6. The first-order valence-electron chi connectivity index (χ1n) is 4.22. The molecule has 0 atom stereocenters. The number of carbonyl (C=O) groups excluding carboxylic acids is 1. The normalized spacial score (nSPS) is 10.3. The van der Waals surface area contributed by atoms with Gasteiger partial charge in [-0.1, -0.05) is 29.3 Å². The molecule has 0 bridgehead atoms. The van der Waals surface area contributed by atoms with Gasteiger partial charge in [-0.2, -0.15) is 0 Å². The molecular formula is C11H6Cl2OS. The molecule has 2 rings (SSSR count). The van der Waals surface area contributed by atoms with Gasteiger partial charge in [-0.25, -0.2) is 0 Å². The van der Waals surface area contributed by atoms with Gasteiger partial charge in [0.2, 0.25) is 5.78 Å². The van der Waals surface area contributed by atoms with Gasteiger partial charge in [0.15, 0.2) is 0 Å². The van der Waals surface area contributed by atoms with E-state index in [4.69, 9.17) is 23.2 Å². The molecule has 1 nitrogen and oxygen atoms in total.